The fraction of sp³-hybridized carbons (Fsp3) is 0.469. The van der Waals surface area contributed by atoms with Crippen molar-refractivity contribution in [1.82, 2.24) is 0 Å². The second kappa shape index (κ2) is 14.6. The Bertz CT molecular complexity index is 1890. The Balaban J connectivity index is 2.03. The number of aryl methyl sites for hydroxylation is 4. The van der Waals surface area contributed by atoms with E-state index in [9.17, 15) is 20.4 Å². The quantitative estimate of drug-likeness (QED) is 0.153. The molecule has 4 aromatic carbocycles. The molecular weight excluding hydrogens is 653 g/mol. The van der Waals surface area contributed by atoms with Crippen LogP contribution in [0, 0.1) is 27.7 Å². The van der Waals surface area contributed by atoms with Crippen LogP contribution in [0.2, 0.25) is 0 Å². The molecule has 4 nitrogen and oxygen atoms in total. The van der Waals surface area contributed by atoms with E-state index in [4.69, 9.17) is 0 Å². The van der Waals surface area contributed by atoms with Crippen molar-refractivity contribution in [3.63, 3.8) is 0 Å². The molecule has 0 aliphatic heterocycles. The van der Waals surface area contributed by atoms with Gasteiger partial charge in [0.05, 0.1) is 0 Å². The van der Waals surface area contributed by atoms with Gasteiger partial charge in [-0.1, -0.05) is 101 Å². The maximum Gasteiger partial charge on any atom is 0.119 e. The summed E-state index contributed by atoms with van der Waals surface area (Å²) in [5, 5.41) is 44.5. The van der Waals surface area contributed by atoms with Crippen molar-refractivity contribution in [3.8, 4) is 23.0 Å². The van der Waals surface area contributed by atoms with Gasteiger partial charge in [-0.2, -0.15) is 0 Å². The smallest absolute Gasteiger partial charge is 0.119 e. The number of allylic oxidation sites excluding steroid dienone is 1. The molecule has 0 aliphatic rings. The molecule has 0 fully saturated rings. The molecule has 0 bridgehead atoms. The highest BCUT2D eigenvalue weighted by Crippen LogP contribution is 2.45. The topological polar surface area (TPSA) is 80.9 Å². The summed E-state index contributed by atoms with van der Waals surface area (Å²) in [5.41, 5.74) is 12.1. The lowest BCUT2D eigenvalue weighted by Gasteiger charge is -2.29. The molecule has 0 unspecified atom stereocenters. The predicted octanol–water partition coefficient (Wildman–Crippen LogP) is 13.0. The van der Waals surface area contributed by atoms with Gasteiger partial charge in [-0.05, 0) is 171 Å². The van der Waals surface area contributed by atoms with Gasteiger partial charge in [-0.25, -0.2) is 0 Å². The van der Waals surface area contributed by atoms with Crippen LogP contribution in [0.4, 0.5) is 0 Å². The van der Waals surface area contributed by atoms with Gasteiger partial charge in [0.1, 0.15) is 23.0 Å². The van der Waals surface area contributed by atoms with E-state index < -0.39 is 0 Å². The zero-order valence-corrected chi connectivity index (χ0v) is 35.5. The van der Waals surface area contributed by atoms with Crippen LogP contribution in [0.1, 0.15) is 169 Å². The van der Waals surface area contributed by atoms with Gasteiger partial charge in [0.15, 0.2) is 0 Å². The number of phenols is 4. The standard InChI is InChI=1S/C49H66O4/c1-28-20-42(50)38(46(5,6)7)24-34(28)32(35-25-39(47(8,9)10)43(51)21-29(35)2)18-17-19-33(36-26-40(48(11,12)13)44(52)22-30(36)3)37-27-41(49(14,15)16)45(53)23-31(37)4/h18,20-27,33,50-53H,17,19H2,1-16H3. The molecule has 0 radical (unpaired) electrons. The lowest BCUT2D eigenvalue weighted by molar-refractivity contribution is 0.444. The summed E-state index contributed by atoms with van der Waals surface area (Å²) in [6.45, 7) is 33.8. The molecule has 4 N–H and O–H groups in total. The van der Waals surface area contributed by atoms with Crippen LogP contribution in [0.25, 0.3) is 5.57 Å². The van der Waals surface area contributed by atoms with Gasteiger partial charge in [-0.15, -0.1) is 0 Å². The molecule has 53 heavy (non-hydrogen) atoms. The summed E-state index contributed by atoms with van der Waals surface area (Å²) in [5.74, 6) is 1.20. The van der Waals surface area contributed by atoms with Crippen molar-refractivity contribution in [3.05, 3.63) is 121 Å². The fourth-order valence-electron chi connectivity index (χ4n) is 7.78. The average Bonchev–Trinajstić information content (AvgIpc) is 2.96. The maximum absolute atomic E-state index is 11.1. The van der Waals surface area contributed by atoms with Crippen LogP contribution >= 0.6 is 0 Å². The molecule has 4 rings (SSSR count). The fourth-order valence-corrected chi connectivity index (χ4v) is 7.78. The van der Waals surface area contributed by atoms with Gasteiger partial charge >= 0.3 is 0 Å². The highest BCUT2D eigenvalue weighted by Gasteiger charge is 2.28. The van der Waals surface area contributed by atoms with E-state index in [-0.39, 0.29) is 27.6 Å². The number of phenolic OH excluding ortho intramolecular Hbond substituents is 4. The van der Waals surface area contributed by atoms with Crippen molar-refractivity contribution in [2.45, 2.75) is 151 Å². The second-order valence-corrected chi connectivity index (χ2v) is 19.6. The largest absolute Gasteiger partial charge is 0.508 e. The Hall–Kier alpha value is -4.18. The Kier molecular flexibility index (Phi) is 11.4. The first-order valence-corrected chi connectivity index (χ1v) is 19.2. The lowest BCUT2D eigenvalue weighted by Crippen LogP contribution is -2.16. The van der Waals surface area contributed by atoms with Crippen molar-refractivity contribution >= 4 is 5.57 Å². The summed E-state index contributed by atoms with van der Waals surface area (Å²) >= 11 is 0. The zero-order chi connectivity index (χ0) is 40.2. The van der Waals surface area contributed by atoms with Gasteiger partial charge in [-0.3, -0.25) is 0 Å². The molecule has 0 aliphatic carbocycles. The second-order valence-electron chi connectivity index (χ2n) is 19.6. The van der Waals surface area contributed by atoms with Crippen molar-refractivity contribution in [2.75, 3.05) is 0 Å². The maximum atomic E-state index is 11.1. The van der Waals surface area contributed by atoms with Crippen LogP contribution in [0.3, 0.4) is 0 Å². The minimum Gasteiger partial charge on any atom is -0.508 e. The average molecular weight is 719 g/mol. The van der Waals surface area contributed by atoms with Gasteiger partial charge in [0.25, 0.3) is 0 Å². The molecule has 0 aromatic heterocycles. The molecule has 286 valence electrons. The molecule has 0 amide bonds. The lowest BCUT2D eigenvalue weighted by atomic mass is 9.76. The number of hydrogen-bond acceptors (Lipinski definition) is 4. The summed E-state index contributed by atoms with van der Waals surface area (Å²) < 4.78 is 0. The molecule has 0 heterocycles. The summed E-state index contributed by atoms with van der Waals surface area (Å²) in [4.78, 5) is 0. The van der Waals surface area contributed by atoms with Gasteiger partial charge in [0, 0.05) is 5.92 Å². The SMILES string of the molecule is Cc1cc(O)c(C(C)(C)C)cc1C(=CCCC(c1cc(C(C)(C)C)c(O)cc1C)c1cc(C(C)(C)C)c(O)cc1C)c1cc(C(C)(C)C)c(O)cc1C. The summed E-state index contributed by atoms with van der Waals surface area (Å²) in [7, 11) is 0. The van der Waals surface area contributed by atoms with Gasteiger partial charge in [0.2, 0.25) is 0 Å². The van der Waals surface area contributed by atoms with Gasteiger partial charge < -0.3 is 20.4 Å². The van der Waals surface area contributed by atoms with E-state index in [1.54, 1.807) is 0 Å². The van der Waals surface area contributed by atoms with E-state index in [1.165, 1.54) is 11.1 Å². The predicted molar refractivity (Wildman–Crippen MR) is 224 cm³/mol. The van der Waals surface area contributed by atoms with Crippen molar-refractivity contribution in [1.29, 1.82) is 0 Å². The van der Waals surface area contributed by atoms with Crippen LogP contribution in [-0.2, 0) is 21.7 Å². The van der Waals surface area contributed by atoms with E-state index >= 15 is 0 Å². The molecule has 0 saturated heterocycles. The first-order valence-electron chi connectivity index (χ1n) is 19.2. The van der Waals surface area contributed by atoms with Crippen LogP contribution < -0.4 is 0 Å². The summed E-state index contributed by atoms with van der Waals surface area (Å²) in [6, 6.07) is 16.3. The van der Waals surface area contributed by atoms with Crippen LogP contribution in [0.15, 0.2) is 54.6 Å². The Morgan fingerprint density at radius 1 is 0.453 bits per heavy atom. The Morgan fingerprint density at radius 3 is 1.04 bits per heavy atom. The highest BCUT2D eigenvalue weighted by atomic mass is 16.3. The first kappa shape index (κ1) is 41.6. The third-order valence-electron chi connectivity index (χ3n) is 10.8. The first-order chi connectivity index (χ1) is 24.1. The molecule has 0 spiro atoms. The van der Waals surface area contributed by atoms with Crippen LogP contribution in [-0.4, -0.2) is 20.4 Å². The van der Waals surface area contributed by atoms with E-state index in [1.807, 2.05) is 24.3 Å². The van der Waals surface area contributed by atoms with Crippen molar-refractivity contribution < 1.29 is 20.4 Å². The third kappa shape index (κ3) is 8.97. The van der Waals surface area contributed by atoms with Crippen molar-refractivity contribution in [2.24, 2.45) is 0 Å². The Labute approximate surface area is 320 Å². The molecule has 0 saturated carbocycles. The normalized spacial score (nSPS) is 12.8. The minimum atomic E-state index is -0.272. The van der Waals surface area contributed by atoms with E-state index in [2.05, 4.69) is 141 Å². The number of rotatable bonds is 7. The number of hydrogen-bond donors (Lipinski definition) is 4. The number of benzene rings is 4. The Morgan fingerprint density at radius 2 is 0.736 bits per heavy atom. The summed E-state index contributed by atoms with van der Waals surface area (Å²) in [6.07, 6.45) is 3.85. The van der Waals surface area contributed by atoms with E-state index in [0.717, 1.165) is 74.0 Å². The highest BCUT2D eigenvalue weighted by molar-refractivity contribution is 5.84. The van der Waals surface area contributed by atoms with E-state index in [0.29, 0.717) is 23.0 Å². The number of aromatic hydroxyl groups is 4. The third-order valence-corrected chi connectivity index (χ3v) is 10.8. The zero-order valence-electron chi connectivity index (χ0n) is 35.5. The van der Waals surface area contributed by atoms with Crippen LogP contribution in [0.5, 0.6) is 23.0 Å². The molecular formula is C49H66O4. The molecule has 4 heteroatoms. The molecule has 4 aromatic rings. The monoisotopic (exact) mass is 718 g/mol. The minimum absolute atomic E-state index is 0.0204. The molecule has 0 atom stereocenters.